The van der Waals surface area contributed by atoms with Crippen molar-refractivity contribution in [3.8, 4) is 11.5 Å². The van der Waals surface area contributed by atoms with Crippen molar-refractivity contribution in [2.24, 2.45) is 5.92 Å². The first-order valence-electron chi connectivity index (χ1n) is 9.87. The minimum absolute atomic E-state index is 0.0139. The molecule has 8 nitrogen and oxygen atoms in total. The Labute approximate surface area is 171 Å². The van der Waals surface area contributed by atoms with Gasteiger partial charge in [0.2, 0.25) is 11.8 Å². The lowest BCUT2D eigenvalue weighted by molar-refractivity contribution is -0.143. The van der Waals surface area contributed by atoms with Gasteiger partial charge in [-0.05, 0) is 24.5 Å². The van der Waals surface area contributed by atoms with E-state index in [9.17, 15) is 9.59 Å². The second-order valence-corrected chi connectivity index (χ2v) is 7.12. The molecule has 158 valence electrons. The Morgan fingerprint density at radius 2 is 1.90 bits per heavy atom. The van der Waals surface area contributed by atoms with Gasteiger partial charge in [0.05, 0.1) is 13.5 Å². The van der Waals surface area contributed by atoms with E-state index in [-0.39, 0.29) is 12.3 Å². The smallest absolute Gasteiger partial charge is 0.408 e. The fraction of sp³-hybridized carbons (Fsp3) is 0.524. The molecular weight excluding hydrogens is 374 g/mol. The molecule has 1 aromatic carbocycles. The van der Waals surface area contributed by atoms with Crippen molar-refractivity contribution >= 4 is 12.1 Å². The summed E-state index contributed by atoms with van der Waals surface area (Å²) in [6, 6.07) is 8.71. The summed E-state index contributed by atoms with van der Waals surface area (Å²) in [5.41, 5.74) is 0.822. The highest BCUT2D eigenvalue weighted by Crippen LogP contribution is 2.20. The third kappa shape index (κ3) is 6.89. The predicted octanol–water partition coefficient (Wildman–Crippen LogP) is 3.76. The third-order valence-corrected chi connectivity index (χ3v) is 4.49. The van der Waals surface area contributed by atoms with Crippen LogP contribution < -0.4 is 5.32 Å². The van der Waals surface area contributed by atoms with E-state index < -0.39 is 24.2 Å². The summed E-state index contributed by atoms with van der Waals surface area (Å²) in [4.78, 5) is 24.2. The van der Waals surface area contributed by atoms with Crippen LogP contribution in [0.3, 0.4) is 0 Å². The Balaban J connectivity index is 1.99. The molecule has 1 amide bonds. The van der Waals surface area contributed by atoms with Crippen LogP contribution in [0, 0.1) is 5.92 Å². The molecule has 8 heteroatoms. The van der Waals surface area contributed by atoms with Gasteiger partial charge >= 0.3 is 12.1 Å². The SMILES string of the molecule is CCCC[C@H](NC(=O)OC(Cc1nnc(-c2ccccc2)o1)C(C)C)C(=O)OC. The van der Waals surface area contributed by atoms with Crippen LogP contribution in [0.5, 0.6) is 0 Å². The van der Waals surface area contributed by atoms with E-state index in [2.05, 4.69) is 15.5 Å². The molecule has 1 N–H and O–H groups in total. The van der Waals surface area contributed by atoms with E-state index in [1.54, 1.807) is 0 Å². The van der Waals surface area contributed by atoms with Crippen LogP contribution in [0.25, 0.3) is 11.5 Å². The molecule has 2 atom stereocenters. The molecule has 2 rings (SSSR count). The van der Waals surface area contributed by atoms with Crippen molar-refractivity contribution in [1.82, 2.24) is 15.5 Å². The summed E-state index contributed by atoms with van der Waals surface area (Å²) in [5.74, 6) is 0.324. The average molecular weight is 403 g/mol. The maximum absolute atomic E-state index is 12.4. The molecule has 0 spiro atoms. The molecule has 0 saturated heterocycles. The lowest BCUT2D eigenvalue weighted by Crippen LogP contribution is -2.43. The molecule has 0 bridgehead atoms. The zero-order valence-corrected chi connectivity index (χ0v) is 17.4. The van der Waals surface area contributed by atoms with Crippen molar-refractivity contribution < 1.29 is 23.5 Å². The monoisotopic (exact) mass is 403 g/mol. The van der Waals surface area contributed by atoms with Crippen molar-refractivity contribution in [1.29, 1.82) is 0 Å². The van der Waals surface area contributed by atoms with Crippen molar-refractivity contribution in [2.45, 2.75) is 58.6 Å². The highest BCUT2D eigenvalue weighted by Gasteiger charge is 2.26. The first-order chi connectivity index (χ1) is 13.9. The number of rotatable bonds is 10. The van der Waals surface area contributed by atoms with E-state index in [0.717, 1.165) is 18.4 Å². The summed E-state index contributed by atoms with van der Waals surface area (Å²) in [7, 11) is 1.30. The Hall–Kier alpha value is -2.90. The van der Waals surface area contributed by atoms with E-state index in [4.69, 9.17) is 13.9 Å². The van der Waals surface area contributed by atoms with Crippen LogP contribution in [0.4, 0.5) is 4.79 Å². The topological polar surface area (TPSA) is 104 Å². The number of carbonyl (C=O) groups excluding carboxylic acids is 2. The Morgan fingerprint density at radius 1 is 1.17 bits per heavy atom. The lowest BCUT2D eigenvalue weighted by Gasteiger charge is -2.22. The lowest BCUT2D eigenvalue weighted by atomic mass is 10.0. The summed E-state index contributed by atoms with van der Waals surface area (Å²) >= 11 is 0. The van der Waals surface area contributed by atoms with Gasteiger partial charge in [-0.3, -0.25) is 0 Å². The fourth-order valence-electron chi connectivity index (χ4n) is 2.73. The number of unbranched alkanes of at least 4 members (excludes halogenated alkanes) is 1. The van der Waals surface area contributed by atoms with Gasteiger partial charge in [0.25, 0.3) is 0 Å². The van der Waals surface area contributed by atoms with Crippen LogP contribution in [0.1, 0.15) is 45.9 Å². The highest BCUT2D eigenvalue weighted by molar-refractivity contribution is 5.81. The highest BCUT2D eigenvalue weighted by atomic mass is 16.6. The maximum Gasteiger partial charge on any atom is 0.408 e. The van der Waals surface area contributed by atoms with Crippen LogP contribution in [0.2, 0.25) is 0 Å². The molecule has 0 aliphatic carbocycles. The number of esters is 1. The van der Waals surface area contributed by atoms with Crippen LogP contribution in [-0.4, -0.2) is 41.5 Å². The standard InChI is InChI=1S/C21H29N3O5/c1-5-6-12-16(20(25)27-4)22-21(26)28-17(14(2)3)13-18-23-24-19(29-18)15-10-8-7-9-11-15/h7-11,14,16-17H,5-6,12-13H2,1-4H3,(H,22,26)/t16-,17?/m0/s1. The molecule has 29 heavy (non-hydrogen) atoms. The zero-order valence-electron chi connectivity index (χ0n) is 17.4. The number of nitrogens with zero attached hydrogens (tertiary/aromatic N) is 2. The van der Waals surface area contributed by atoms with Crippen LogP contribution >= 0.6 is 0 Å². The Bertz CT molecular complexity index is 776. The van der Waals surface area contributed by atoms with Gasteiger partial charge in [-0.15, -0.1) is 10.2 Å². The summed E-state index contributed by atoms with van der Waals surface area (Å²) < 4.78 is 16.0. The predicted molar refractivity (Wildman–Crippen MR) is 107 cm³/mol. The van der Waals surface area contributed by atoms with Gasteiger partial charge < -0.3 is 19.2 Å². The molecule has 0 fully saturated rings. The maximum atomic E-state index is 12.4. The third-order valence-electron chi connectivity index (χ3n) is 4.49. The zero-order chi connectivity index (χ0) is 21.2. The number of hydrogen-bond acceptors (Lipinski definition) is 7. The minimum Gasteiger partial charge on any atom is -0.467 e. The number of aromatic nitrogens is 2. The fourth-order valence-corrected chi connectivity index (χ4v) is 2.73. The van der Waals surface area contributed by atoms with Gasteiger partial charge in [-0.1, -0.05) is 51.8 Å². The van der Waals surface area contributed by atoms with Gasteiger partial charge in [0.1, 0.15) is 12.1 Å². The number of nitrogens with one attached hydrogen (secondary N) is 1. The van der Waals surface area contributed by atoms with Gasteiger partial charge in [0, 0.05) is 5.56 Å². The van der Waals surface area contributed by atoms with Gasteiger partial charge in [-0.2, -0.15) is 0 Å². The first kappa shape index (κ1) is 22.4. The van der Waals surface area contributed by atoms with E-state index in [0.29, 0.717) is 18.2 Å². The van der Waals surface area contributed by atoms with Crippen LogP contribution in [0.15, 0.2) is 34.7 Å². The van der Waals surface area contributed by atoms with Crippen molar-refractivity contribution in [3.63, 3.8) is 0 Å². The number of hydrogen-bond donors (Lipinski definition) is 1. The van der Waals surface area contributed by atoms with E-state index >= 15 is 0 Å². The van der Waals surface area contributed by atoms with Gasteiger partial charge in [0.15, 0.2) is 0 Å². The number of methoxy groups -OCH3 is 1. The van der Waals surface area contributed by atoms with Crippen molar-refractivity contribution in [3.05, 3.63) is 36.2 Å². The summed E-state index contributed by atoms with van der Waals surface area (Å²) in [6.45, 7) is 5.87. The Kier molecular flexibility index (Phi) is 8.64. The number of carbonyl (C=O) groups is 2. The normalized spacial score (nSPS) is 13.0. The molecular formula is C21H29N3O5. The summed E-state index contributed by atoms with van der Waals surface area (Å²) in [6.07, 6.45) is 1.32. The molecule has 1 unspecified atom stereocenters. The largest absolute Gasteiger partial charge is 0.467 e. The minimum atomic E-state index is -0.728. The molecule has 0 aliphatic heterocycles. The average Bonchev–Trinajstić information content (AvgIpc) is 3.19. The molecule has 0 radical (unpaired) electrons. The molecule has 2 aromatic rings. The molecule has 0 saturated carbocycles. The molecule has 1 heterocycles. The number of alkyl carbamates (subject to hydrolysis) is 1. The molecule has 0 aliphatic rings. The van der Waals surface area contributed by atoms with Crippen LogP contribution in [-0.2, 0) is 20.7 Å². The molecule has 1 aromatic heterocycles. The number of benzene rings is 1. The summed E-state index contributed by atoms with van der Waals surface area (Å²) in [5, 5.41) is 10.7. The first-order valence-corrected chi connectivity index (χ1v) is 9.87. The second-order valence-electron chi connectivity index (χ2n) is 7.12. The Morgan fingerprint density at radius 3 is 2.52 bits per heavy atom. The van der Waals surface area contributed by atoms with Crippen molar-refractivity contribution in [2.75, 3.05) is 7.11 Å². The van der Waals surface area contributed by atoms with E-state index in [1.807, 2.05) is 51.1 Å². The van der Waals surface area contributed by atoms with E-state index in [1.165, 1.54) is 7.11 Å². The number of ether oxygens (including phenoxy) is 2. The quantitative estimate of drug-likeness (QED) is 0.602. The second kappa shape index (κ2) is 11.2. The number of amides is 1. The van der Waals surface area contributed by atoms with Gasteiger partial charge in [-0.25, -0.2) is 9.59 Å².